The molecule has 2 rings (SSSR count). The van der Waals surface area contributed by atoms with E-state index in [2.05, 4.69) is 31.9 Å². The standard InChI is InChI=1S/C14H11Br2FN2O2/c15-10-4-9(18)5-11(16)13(10)21-6-8-2-1-7(14(19)20)3-12(8)17/h1-5H,6,18H2,(H2,19,20). The first-order valence-corrected chi connectivity index (χ1v) is 7.42. The molecule has 0 aliphatic carbocycles. The van der Waals surface area contributed by atoms with Gasteiger partial charge in [-0.15, -0.1) is 0 Å². The summed E-state index contributed by atoms with van der Waals surface area (Å²) in [6.45, 7) is 0.00595. The van der Waals surface area contributed by atoms with E-state index in [4.69, 9.17) is 16.2 Å². The second-order valence-electron chi connectivity index (χ2n) is 4.27. The average molecular weight is 418 g/mol. The van der Waals surface area contributed by atoms with Crippen molar-refractivity contribution >= 4 is 43.5 Å². The molecule has 0 aromatic heterocycles. The average Bonchev–Trinajstić information content (AvgIpc) is 2.38. The van der Waals surface area contributed by atoms with Crippen molar-refractivity contribution in [2.24, 2.45) is 5.73 Å². The molecule has 4 nitrogen and oxygen atoms in total. The molecule has 0 aliphatic heterocycles. The number of halogens is 3. The first kappa shape index (κ1) is 15.8. The van der Waals surface area contributed by atoms with E-state index < -0.39 is 11.7 Å². The van der Waals surface area contributed by atoms with Gasteiger partial charge in [0, 0.05) is 16.8 Å². The fourth-order valence-corrected chi connectivity index (χ4v) is 3.14. The van der Waals surface area contributed by atoms with Crippen LogP contribution in [0.25, 0.3) is 0 Å². The van der Waals surface area contributed by atoms with Crippen molar-refractivity contribution in [2.75, 3.05) is 5.73 Å². The van der Waals surface area contributed by atoms with Gasteiger partial charge in [0.1, 0.15) is 18.2 Å². The van der Waals surface area contributed by atoms with Gasteiger partial charge in [0.25, 0.3) is 0 Å². The molecule has 2 aromatic rings. The summed E-state index contributed by atoms with van der Waals surface area (Å²) in [7, 11) is 0. The van der Waals surface area contributed by atoms with Crippen molar-refractivity contribution in [3.8, 4) is 5.75 Å². The third-order valence-corrected chi connectivity index (χ3v) is 3.91. The predicted octanol–water partition coefficient (Wildman–Crippen LogP) is 3.61. The SMILES string of the molecule is NC(=O)c1ccc(COc2c(Br)cc(N)cc2Br)c(F)c1. The van der Waals surface area contributed by atoms with E-state index in [1.54, 1.807) is 12.1 Å². The van der Waals surface area contributed by atoms with Crippen molar-refractivity contribution in [3.63, 3.8) is 0 Å². The van der Waals surface area contributed by atoms with Crippen LogP contribution in [0.3, 0.4) is 0 Å². The molecule has 0 heterocycles. The first-order valence-electron chi connectivity index (χ1n) is 5.84. The molecule has 0 fully saturated rings. The fourth-order valence-electron chi connectivity index (χ4n) is 1.68. The minimum Gasteiger partial charge on any atom is -0.486 e. The summed E-state index contributed by atoms with van der Waals surface area (Å²) >= 11 is 6.66. The van der Waals surface area contributed by atoms with E-state index in [-0.39, 0.29) is 12.2 Å². The lowest BCUT2D eigenvalue weighted by atomic mass is 10.1. The van der Waals surface area contributed by atoms with Gasteiger partial charge >= 0.3 is 0 Å². The number of anilines is 1. The Morgan fingerprint density at radius 1 is 1.19 bits per heavy atom. The molecule has 0 atom stereocenters. The third kappa shape index (κ3) is 3.74. The van der Waals surface area contributed by atoms with E-state index in [1.807, 2.05) is 0 Å². The largest absolute Gasteiger partial charge is 0.486 e. The Morgan fingerprint density at radius 2 is 1.81 bits per heavy atom. The van der Waals surface area contributed by atoms with Gasteiger partial charge in [-0.05, 0) is 56.1 Å². The summed E-state index contributed by atoms with van der Waals surface area (Å²) in [5.74, 6) is -0.707. The molecule has 110 valence electrons. The van der Waals surface area contributed by atoms with Crippen LogP contribution in [0.4, 0.5) is 10.1 Å². The normalized spacial score (nSPS) is 10.4. The molecule has 4 N–H and O–H groups in total. The Balaban J connectivity index is 2.19. The summed E-state index contributed by atoms with van der Waals surface area (Å²) in [5, 5.41) is 0. The van der Waals surface area contributed by atoms with Crippen LogP contribution in [0.5, 0.6) is 5.75 Å². The van der Waals surface area contributed by atoms with Gasteiger partial charge in [0.15, 0.2) is 0 Å². The number of nitrogens with two attached hydrogens (primary N) is 2. The van der Waals surface area contributed by atoms with Gasteiger partial charge in [0.05, 0.1) is 8.95 Å². The molecular formula is C14H11Br2FN2O2. The lowest BCUT2D eigenvalue weighted by Gasteiger charge is -2.12. The van der Waals surface area contributed by atoms with Crippen molar-refractivity contribution in [3.05, 3.63) is 56.2 Å². The maximum absolute atomic E-state index is 13.8. The van der Waals surface area contributed by atoms with Crippen LogP contribution in [-0.4, -0.2) is 5.91 Å². The molecule has 0 spiro atoms. The molecule has 0 saturated carbocycles. The number of nitrogen functional groups attached to an aromatic ring is 1. The number of carbonyl (C=O) groups is 1. The number of benzene rings is 2. The van der Waals surface area contributed by atoms with Crippen molar-refractivity contribution < 1.29 is 13.9 Å². The highest BCUT2D eigenvalue weighted by atomic mass is 79.9. The lowest BCUT2D eigenvalue weighted by molar-refractivity contribution is 0.0999. The van der Waals surface area contributed by atoms with Gasteiger partial charge in [-0.3, -0.25) is 4.79 Å². The number of rotatable bonds is 4. The topological polar surface area (TPSA) is 78.3 Å². The molecule has 0 saturated heterocycles. The Bertz CT molecular complexity index is 684. The summed E-state index contributed by atoms with van der Waals surface area (Å²) in [6, 6.07) is 7.39. The van der Waals surface area contributed by atoms with Crippen molar-refractivity contribution in [1.29, 1.82) is 0 Å². The van der Waals surface area contributed by atoms with E-state index >= 15 is 0 Å². The van der Waals surface area contributed by atoms with Crippen LogP contribution in [0.1, 0.15) is 15.9 Å². The molecule has 1 amide bonds. The second-order valence-corrected chi connectivity index (χ2v) is 5.98. The van der Waals surface area contributed by atoms with E-state index in [9.17, 15) is 9.18 Å². The van der Waals surface area contributed by atoms with Gasteiger partial charge in [-0.25, -0.2) is 4.39 Å². The monoisotopic (exact) mass is 416 g/mol. The van der Waals surface area contributed by atoms with Gasteiger partial charge in [0.2, 0.25) is 5.91 Å². The number of primary amides is 1. The van der Waals surface area contributed by atoms with E-state index in [0.29, 0.717) is 25.9 Å². The Hall–Kier alpha value is -1.60. The van der Waals surface area contributed by atoms with Gasteiger partial charge in [-0.1, -0.05) is 6.07 Å². The second kappa shape index (κ2) is 6.44. The highest BCUT2D eigenvalue weighted by molar-refractivity contribution is 9.11. The van der Waals surface area contributed by atoms with Crippen LogP contribution >= 0.6 is 31.9 Å². The summed E-state index contributed by atoms with van der Waals surface area (Å²) in [6.07, 6.45) is 0. The van der Waals surface area contributed by atoms with Crippen molar-refractivity contribution in [1.82, 2.24) is 0 Å². The molecule has 0 radical (unpaired) electrons. The highest BCUT2D eigenvalue weighted by Gasteiger charge is 2.11. The molecule has 7 heteroatoms. The minimum absolute atomic E-state index is 0.00595. The summed E-state index contributed by atoms with van der Waals surface area (Å²) in [5.41, 5.74) is 11.8. The summed E-state index contributed by atoms with van der Waals surface area (Å²) < 4.78 is 20.7. The smallest absolute Gasteiger partial charge is 0.248 e. The van der Waals surface area contributed by atoms with Crippen LogP contribution in [0.15, 0.2) is 39.3 Å². The number of hydrogen-bond acceptors (Lipinski definition) is 3. The predicted molar refractivity (Wildman–Crippen MR) is 85.5 cm³/mol. The van der Waals surface area contributed by atoms with E-state index in [0.717, 1.165) is 6.07 Å². The van der Waals surface area contributed by atoms with Gasteiger partial charge < -0.3 is 16.2 Å². The van der Waals surface area contributed by atoms with E-state index in [1.165, 1.54) is 12.1 Å². The molecule has 0 unspecified atom stereocenters. The molecule has 21 heavy (non-hydrogen) atoms. The van der Waals surface area contributed by atoms with Gasteiger partial charge in [-0.2, -0.15) is 0 Å². The Kier molecular flexibility index (Phi) is 4.84. The lowest BCUT2D eigenvalue weighted by Crippen LogP contribution is -2.12. The number of hydrogen-bond donors (Lipinski definition) is 2. The molecule has 2 aromatic carbocycles. The first-order chi connectivity index (χ1) is 9.88. The highest BCUT2D eigenvalue weighted by Crippen LogP contribution is 2.36. The quantitative estimate of drug-likeness (QED) is 0.745. The number of ether oxygens (including phenoxy) is 1. The zero-order chi connectivity index (χ0) is 15.6. The van der Waals surface area contributed by atoms with Crippen LogP contribution in [-0.2, 0) is 6.61 Å². The summed E-state index contributed by atoms with van der Waals surface area (Å²) in [4.78, 5) is 11.0. The molecular weight excluding hydrogens is 407 g/mol. The van der Waals surface area contributed by atoms with Crippen LogP contribution < -0.4 is 16.2 Å². The zero-order valence-corrected chi connectivity index (χ0v) is 13.9. The van der Waals surface area contributed by atoms with Crippen molar-refractivity contribution in [2.45, 2.75) is 6.61 Å². The third-order valence-electron chi connectivity index (χ3n) is 2.73. The maximum atomic E-state index is 13.8. The van der Waals surface area contributed by atoms with Crippen LogP contribution in [0.2, 0.25) is 0 Å². The Morgan fingerprint density at radius 3 is 2.33 bits per heavy atom. The Labute approximate surface area is 137 Å². The number of carbonyl (C=O) groups excluding carboxylic acids is 1. The minimum atomic E-state index is -0.676. The molecule has 0 aliphatic rings. The zero-order valence-electron chi connectivity index (χ0n) is 10.7. The molecule has 0 bridgehead atoms. The van der Waals surface area contributed by atoms with Crippen LogP contribution in [0, 0.1) is 5.82 Å². The fraction of sp³-hybridized carbons (Fsp3) is 0.0714. The number of amides is 1. The maximum Gasteiger partial charge on any atom is 0.248 e.